The molecule has 0 saturated heterocycles. The summed E-state index contributed by atoms with van der Waals surface area (Å²) in [5.41, 5.74) is 1.24. The summed E-state index contributed by atoms with van der Waals surface area (Å²) in [6.45, 7) is 5.59. The number of nitrogens with zero attached hydrogens (tertiary/aromatic N) is 1. The monoisotopic (exact) mass is 252 g/mol. The van der Waals surface area contributed by atoms with E-state index in [0.717, 1.165) is 43.8 Å². The van der Waals surface area contributed by atoms with Crippen molar-refractivity contribution >= 4 is 0 Å². The van der Waals surface area contributed by atoms with Crippen molar-refractivity contribution in [2.75, 3.05) is 27.3 Å². The van der Waals surface area contributed by atoms with E-state index in [1.807, 2.05) is 7.05 Å². The molecule has 0 spiro atoms. The minimum absolute atomic E-state index is 0.735. The Kier molecular flexibility index (Phi) is 4.80. The molecule has 4 heteroatoms. The van der Waals surface area contributed by atoms with E-state index in [0.29, 0.717) is 0 Å². The van der Waals surface area contributed by atoms with Crippen molar-refractivity contribution in [1.82, 2.24) is 10.2 Å². The van der Waals surface area contributed by atoms with Crippen molar-refractivity contribution in [2.45, 2.75) is 38.9 Å². The maximum absolute atomic E-state index is 5.90. The van der Waals surface area contributed by atoms with Crippen LogP contribution in [0.2, 0.25) is 0 Å². The molecule has 1 saturated carbocycles. The van der Waals surface area contributed by atoms with E-state index in [1.165, 1.54) is 18.4 Å². The number of aryl methyl sites for hydroxylation is 1. The van der Waals surface area contributed by atoms with Gasteiger partial charge in [0.2, 0.25) is 0 Å². The van der Waals surface area contributed by atoms with Crippen LogP contribution in [0.5, 0.6) is 0 Å². The maximum Gasteiger partial charge on any atom is 0.120 e. The number of hydrogen-bond donors (Lipinski definition) is 1. The van der Waals surface area contributed by atoms with Gasteiger partial charge >= 0.3 is 0 Å². The van der Waals surface area contributed by atoms with Gasteiger partial charge in [-0.05, 0) is 38.4 Å². The van der Waals surface area contributed by atoms with Gasteiger partial charge < -0.3 is 14.5 Å². The second-order valence-corrected chi connectivity index (χ2v) is 5.04. The van der Waals surface area contributed by atoms with Crippen molar-refractivity contribution in [3.63, 3.8) is 0 Å². The quantitative estimate of drug-likeness (QED) is 0.767. The summed E-state index contributed by atoms with van der Waals surface area (Å²) in [5, 5.41) is 3.13. The molecule has 2 rings (SSSR count). The van der Waals surface area contributed by atoms with Crippen molar-refractivity contribution < 1.29 is 9.15 Å². The SMILES string of the molecule is CNCc1oc(CN(CCOC)C2CC2)cc1C. The summed E-state index contributed by atoms with van der Waals surface area (Å²) in [6, 6.07) is 2.90. The molecule has 0 atom stereocenters. The lowest BCUT2D eigenvalue weighted by atomic mass is 10.2. The number of methoxy groups -OCH3 is 1. The van der Waals surface area contributed by atoms with E-state index < -0.39 is 0 Å². The fraction of sp³-hybridized carbons (Fsp3) is 0.714. The molecule has 18 heavy (non-hydrogen) atoms. The summed E-state index contributed by atoms with van der Waals surface area (Å²) in [7, 11) is 3.70. The Morgan fingerprint density at radius 3 is 2.89 bits per heavy atom. The van der Waals surface area contributed by atoms with Crippen LogP contribution >= 0.6 is 0 Å². The number of nitrogens with one attached hydrogen (secondary N) is 1. The predicted molar refractivity (Wildman–Crippen MR) is 71.5 cm³/mol. The maximum atomic E-state index is 5.90. The van der Waals surface area contributed by atoms with Gasteiger partial charge in [-0.1, -0.05) is 0 Å². The molecule has 1 fully saturated rings. The van der Waals surface area contributed by atoms with Crippen molar-refractivity contribution in [2.24, 2.45) is 0 Å². The van der Waals surface area contributed by atoms with E-state index in [9.17, 15) is 0 Å². The first kappa shape index (κ1) is 13.6. The van der Waals surface area contributed by atoms with Crippen LogP contribution in [0.25, 0.3) is 0 Å². The first-order valence-corrected chi connectivity index (χ1v) is 6.70. The van der Waals surface area contributed by atoms with Crippen LogP contribution < -0.4 is 5.32 Å². The average molecular weight is 252 g/mol. The van der Waals surface area contributed by atoms with Gasteiger partial charge in [0.1, 0.15) is 11.5 Å². The molecule has 1 aromatic rings. The Balaban J connectivity index is 1.95. The molecule has 0 amide bonds. The number of hydrogen-bond acceptors (Lipinski definition) is 4. The molecular weight excluding hydrogens is 228 g/mol. The Morgan fingerprint density at radius 2 is 2.28 bits per heavy atom. The second kappa shape index (κ2) is 6.36. The topological polar surface area (TPSA) is 37.6 Å². The van der Waals surface area contributed by atoms with E-state index >= 15 is 0 Å². The third kappa shape index (κ3) is 3.57. The van der Waals surface area contributed by atoms with E-state index in [2.05, 4.69) is 23.2 Å². The van der Waals surface area contributed by atoms with Crippen molar-refractivity contribution in [3.05, 3.63) is 23.2 Å². The summed E-state index contributed by atoms with van der Waals surface area (Å²) < 4.78 is 11.1. The third-order valence-electron chi connectivity index (χ3n) is 3.41. The van der Waals surface area contributed by atoms with Gasteiger partial charge in [0.25, 0.3) is 0 Å². The molecule has 1 N–H and O–H groups in total. The number of ether oxygens (including phenoxy) is 1. The molecule has 1 heterocycles. The minimum Gasteiger partial charge on any atom is -0.463 e. The highest BCUT2D eigenvalue weighted by molar-refractivity contribution is 5.20. The fourth-order valence-corrected chi connectivity index (χ4v) is 2.24. The predicted octanol–water partition coefficient (Wildman–Crippen LogP) is 1.92. The van der Waals surface area contributed by atoms with Gasteiger partial charge in [-0.2, -0.15) is 0 Å². The first-order chi connectivity index (χ1) is 8.74. The zero-order chi connectivity index (χ0) is 13.0. The van der Waals surface area contributed by atoms with Gasteiger partial charge in [0.05, 0.1) is 19.7 Å². The second-order valence-electron chi connectivity index (χ2n) is 5.04. The Bertz CT molecular complexity index is 372. The van der Waals surface area contributed by atoms with Gasteiger partial charge in [-0.3, -0.25) is 4.90 Å². The van der Waals surface area contributed by atoms with Crippen LogP contribution in [0.3, 0.4) is 0 Å². The fourth-order valence-electron chi connectivity index (χ4n) is 2.24. The minimum atomic E-state index is 0.735. The zero-order valence-corrected chi connectivity index (χ0v) is 11.7. The van der Waals surface area contributed by atoms with Crippen molar-refractivity contribution in [1.29, 1.82) is 0 Å². The van der Waals surface area contributed by atoms with Crippen LogP contribution in [-0.2, 0) is 17.8 Å². The Labute approximate surface area is 109 Å². The normalized spacial score (nSPS) is 15.6. The largest absolute Gasteiger partial charge is 0.463 e. The van der Waals surface area contributed by atoms with E-state index in [-0.39, 0.29) is 0 Å². The molecule has 0 radical (unpaired) electrons. The van der Waals surface area contributed by atoms with Crippen LogP contribution in [0.15, 0.2) is 10.5 Å². The molecular formula is C14H24N2O2. The highest BCUT2D eigenvalue weighted by atomic mass is 16.5. The molecule has 1 aliphatic carbocycles. The zero-order valence-electron chi connectivity index (χ0n) is 11.7. The van der Waals surface area contributed by atoms with Gasteiger partial charge in [0.15, 0.2) is 0 Å². The molecule has 0 aliphatic heterocycles. The summed E-state index contributed by atoms with van der Waals surface area (Å²) in [5.74, 6) is 2.12. The van der Waals surface area contributed by atoms with Crippen LogP contribution in [-0.4, -0.2) is 38.3 Å². The molecule has 1 aromatic heterocycles. The molecule has 0 aromatic carbocycles. The molecule has 1 aliphatic rings. The van der Waals surface area contributed by atoms with Crippen LogP contribution in [0, 0.1) is 6.92 Å². The van der Waals surface area contributed by atoms with Crippen LogP contribution in [0.1, 0.15) is 29.9 Å². The smallest absolute Gasteiger partial charge is 0.120 e. The van der Waals surface area contributed by atoms with E-state index in [1.54, 1.807) is 7.11 Å². The van der Waals surface area contributed by atoms with E-state index in [4.69, 9.17) is 9.15 Å². The molecule has 102 valence electrons. The number of furan rings is 1. The molecule has 0 bridgehead atoms. The lowest BCUT2D eigenvalue weighted by molar-refractivity contribution is 0.134. The van der Waals surface area contributed by atoms with Crippen LogP contribution in [0.4, 0.5) is 0 Å². The third-order valence-corrected chi connectivity index (χ3v) is 3.41. The van der Waals surface area contributed by atoms with Gasteiger partial charge in [0, 0.05) is 19.7 Å². The van der Waals surface area contributed by atoms with Gasteiger partial charge in [-0.15, -0.1) is 0 Å². The lowest BCUT2D eigenvalue weighted by Gasteiger charge is -2.20. The first-order valence-electron chi connectivity index (χ1n) is 6.70. The highest BCUT2D eigenvalue weighted by Crippen LogP contribution is 2.28. The number of rotatable bonds is 8. The molecule has 4 nitrogen and oxygen atoms in total. The highest BCUT2D eigenvalue weighted by Gasteiger charge is 2.29. The lowest BCUT2D eigenvalue weighted by Crippen LogP contribution is -2.28. The average Bonchev–Trinajstić information content (AvgIpc) is 3.12. The van der Waals surface area contributed by atoms with Crippen molar-refractivity contribution in [3.8, 4) is 0 Å². The molecule has 0 unspecified atom stereocenters. The van der Waals surface area contributed by atoms with Gasteiger partial charge in [-0.25, -0.2) is 0 Å². The Morgan fingerprint density at radius 1 is 1.50 bits per heavy atom. The summed E-state index contributed by atoms with van der Waals surface area (Å²) in [4.78, 5) is 2.46. The summed E-state index contributed by atoms with van der Waals surface area (Å²) >= 11 is 0. The Hall–Kier alpha value is -0.840. The standard InChI is InChI=1S/C14H24N2O2/c1-11-8-13(18-14(11)9-15-2)10-16(6-7-17-3)12-4-5-12/h8,12,15H,4-7,9-10H2,1-3H3. The summed E-state index contributed by atoms with van der Waals surface area (Å²) in [6.07, 6.45) is 2.62.